The van der Waals surface area contributed by atoms with Crippen LogP contribution in [0.5, 0.6) is 5.75 Å². The van der Waals surface area contributed by atoms with Gasteiger partial charge in [-0.15, -0.1) is 12.4 Å². The third-order valence-corrected chi connectivity index (χ3v) is 3.94. The van der Waals surface area contributed by atoms with Crippen molar-refractivity contribution >= 4 is 12.4 Å². The summed E-state index contributed by atoms with van der Waals surface area (Å²) in [4.78, 5) is 4.50. The van der Waals surface area contributed by atoms with Gasteiger partial charge in [-0.3, -0.25) is 4.98 Å². The molecule has 0 amide bonds. The van der Waals surface area contributed by atoms with E-state index in [0.29, 0.717) is 5.92 Å². The van der Waals surface area contributed by atoms with Gasteiger partial charge in [0, 0.05) is 18.3 Å². The van der Waals surface area contributed by atoms with Crippen LogP contribution in [-0.4, -0.2) is 25.2 Å². The minimum absolute atomic E-state index is 0. The molecule has 112 valence electrons. The van der Waals surface area contributed by atoms with Crippen molar-refractivity contribution in [3.8, 4) is 17.0 Å². The number of halogens is 1. The standard InChI is InChI=1S/C17H20N2O.ClH/c1-20-16-6-4-13(5-7-16)17-11-14(8-10-19-17)15-3-2-9-18-12-15;/h4-8,10-11,15,18H,2-3,9,12H2,1H3;1H. The fourth-order valence-corrected chi connectivity index (χ4v) is 2.76. The summed E-state index contributed by atoms with van der Waals surface area (Å²) in [7, 11) is 1.68. The zero-order valence-corrected chi connectivity index (χ0v) is 13.0. The van der Waals surface area contributed by atoms with E-state index in [2.05, 4.69) is 34.6 Å². The van der Waals surface area contributed by atoms with Crippen LogP contribution in [0, 0.1) is 0 Å². The van der Waals surface area contributed by atoms with Crippen molar-refractivity contribution in [2.75, 3.05) is 20.2 Å². The van der Waals surface area contributed by atoms with Crippen molar-refractivity contribution in [1.82, 2.24) is 10.3 Å². The molecule has 0 saturated carbocycles. The van der Waals surface area contributed by atoms with E-state index >= 15 is 0 Å². The molecule has 1 atom stereocenters. The number of rotatable bonds is 3. The predicted molar refractivity (Wildman–Crippen MR) is 88.3 cm³/mol. The summed E-state index contributed by atoms with van der Waals surface area (Å²) < 4.78 is 5.20. The van der Waals surface area contributed by atoms with Gasteiger partial charge >= 0.3 is 0 Å². The van der Waals surface area contributed by atoms with Gasteiger partial charge < -0.3 is 10.1 Å². The van der Waals surface area contributed by atoms with Gasteiger partial charge in [0.25, 0.3) is 0 Å². The average Bonchev–Trinajstić information content (AvgIpc) is 2.56. The number of benzene rings is 1. The highest BCUT2D eigenvalue weighted by Crippen LogP contribution is 2.27. The number of pyridine rings is 1. The Morgan fingerprint density at radius 2 is 2.00 bits per heavy atom. The molecular formula is C17H21ClN2O. The molecule has 0 aliphatic carbocycles. The first kappa shape index (κ1) is 15.8. The van der Waals surface area contributed by atoms with Gasteiger partial charge in [0.05, 0.1) is 12.8 Å². The number of methoxy groups -OCH3 is 1. The van der Waals surface area contributed by atoms with Crippen LogP contribution in [0.3, 0.4) is 0 Å². The largest absolute Gasteiger partial charge is 0.497 e. The van der Waals surface area contributed by atoms with Gasteiger partial charge in [0.1, 0.15) is 5.75 Å². The lowest BCUT2D eigenvalue weighted by Gasteiger charge is -2.23. The zero-order valence-electron chi connectivity index (χ0n) is 12.2. The van der Waals surface area contributed by atoms with Crippen LogP contribution < -0.4 is 10.1 Å². The van der Waals surface area contributed by atoms with Crippen molar-refractivity contribution in [3.63, 3.8) is 0 Å². The molecule has 2 aromatic rings. The van der Waals surface area contributed by atoms with E-state index in [9.17, 15) is 0 Å². The van der Waals surface area contributed by atoms with Crippen LogP contribution in [0.2, 0.25) is 0 Å². The lowest BCUT2D eigenvalue weighted by Crippen LogP contribution is -2.28. The van der Waals surface area contributed by atoms with E-state index < -0.39 is 0 Å². The molecule has 3 nitrogen and oxygen atoms in total. The second-order valence-electron chi connectivity index (χ2n) is 5.25. The Kier molecular flexibility index (Phi) is 5.59. The molecule has 1 aliphatic heterocycles. The summed E-state index contributed by atoms with van der Waals surface area (Å²) in [6, 6.07) is 12.4. The van der Waals surface area contributed by atoms with Crippen LogP contribution in [0.4, 0.5) is 0 Å². The maximum atomic E-state index is 5.20. The normalized spacial score (nSPS) is 17.9. The monoisotopic (exact) mass is 304 g/mol. The zero-order chi connectivity index (χ0) is 13.8. The summed E-state index contributed by atoms with van der Waals surface area (Å²) in [6.45, 7) is 2.22. The number of nitrogens with one attached hydrogen (secondary N) is 1. The van der Waals surface area contributed by atoms with Gasteiger partial charge in [-0.25, -0.2) is 0 Å². The first-order valence-electron chi connectivity index (χ1n) is 7.18. The SMILES string of the molecule is COc1ccc(-c2cc(C3CCCNC3)ccn2)cc1.Cl. The number of hydrogen-bond donors (Lipinski definition) is 1. The van der Waals surface area contributed by atoms with Crippen molar-refractivity contribution in [2.24, 2.45) is 0 Å². The molecule has 0 radical (unpaired) electrons. The Balaban J connectivity index is 0.00000161. The van der Waals surface area contributed by atoms with Gasteiger partial charge in [-0.2, -0.15) is 0 Å². The minimum atomic E-state index is 0. The Morgan fingerprint density at radius 3 is 2.67 bits per heavy atom. The average molecular weight is 305 g/mol. The minimum Gasteiger partial charge on any atom is -0.497 e. The first-order valence-corrected chi connectivity index (χ1v) is 7.18. The summed E-state index contributed by atoms with van der Waals surface area (Å²) in [6.07, 6.45) is 4.44. The van der Waals surface area contributed by atoms with E-state index in [1.54, 1.807) is 7.11 Å². The van der Waals surface area contributed by atoms with Gasteiger partial charge in [-0.05, 0) is 67.3 Å². The molecule has 2 heterocycles. The van der Waals surface area contributed by atoms with Gasteiger partial charge in [0.15, 0.2) is 0 Å². The summed E-state index contributed by atoms with van der Waals surface area (Å²) in [5, 5.41) is 3.47. The number of ether oxygens (including phenoxy) is 1. The fraction of sp³-hybridized carbons (Fsp3) is 0.353. The molecule has 4 heteroatoms. The smallest absolute Gasteiger partial charge is 0.118 e. The third kappa shape index (κ3) is 3.74. The van der Waals surface area contributed by atoms with Crippen molar-refractivity contribution < 1.29 is 4.74 Å². The molecule has 3 rings (SSSR count). The van der Waals surface area contributed by atoms with E-state index in [1.165, 1.54) is 18.4 Å². The number of nitrogens with zero attached hydrogens (tertiary/aromatic N) is 1. The number of hydrogen-bond acceptors (Lipinski definition) is 3. The molecule has 1 saturated heterocycles. The van der Waals surface area contributed by atoms with Crippen molar-refractivity contribution in [2.45, 2.75) is 18.8 Å². The molecule has 1 N–H and O–H groups in total. The molecule has 1 aliphatic rings. The molecule has 1 unspecified atom stereocenters. The van der Waals surface area contributed by atoms with E-state index in [1.807, 2.05) is 18.3 Å². The van der Waals surface area contributed by atoms with E-state index in [-0.39, 0.29) is 12.4 Å². The van der Waals surface area contributed by atoms with E-state index in [4.69, 9.17) is 4.74 Å². The second kappa shape index (κ2) is 7.43. The second-order valence-corrected chi connectivity index (χ2v) is 5.25. The highest BCUT2D eigenvalue weighted by Gasteiger charge is 2.15. The molecule has 1 fully saturated rings. The molecule has 0 bridgehead atoms. The maximum absolute atomic E-state index is 5.20. The Labute approximate surface area is 132 Å². The van der Waals surface area contributed by atoms with Crippen LogP contribution >= 0.6 is 12.4 Å². The highest BCUT2D eigenvalue weighted by molar-refractivity contribution is 5.85. The number of aromatic nitrogens is 1. The maximum Gasteiger partial charge on any atom is 0.118 e. The fourth-order valence-electron chi connectivity index (χ4n) is 2.76. The predicted octanol–water partition coefficient (Wildman–Crippen LogP) is 3.65. The highest BCUT2D eigenvalue weighted by atomic mass is 35.5. The Bertz CT molecular complexity index is 565. The topological polar surface area (TPSA) is 34.1 Å². The van der Waals surface area contributed by atoms with E-state index in [0.717, 1.165) is 30.1 Å². The Hall–Kier alpha value is -1.58. The molecule has 21 heavy (non-hydrogen) atoms. The van der Waals surface area contributed by atoms with Crippen molar-refractivity contribution in [3.05, 3.63) is 48.2 Å². The quantitative estimate of drug-likeness (QED) is 0.940. The number of piperidine rings is 1. The molecular weight excluding hydrogens is 284 g/mol. The van der Waals surface area contributed by atoms with Gasteiger partial charge in [-0.1, -0.05) is 0 Å². The summed E-state index contributed by atoms with van der Waals surface area (Å²) >= 11 is 0. The lowest BCUT2D eigenvalue weighted by atomic mass is 9.91. The van der Waals surface area contributed by atoms with Crippen molar-refractivity contribution in [1.29, 1.82) is 0 Å². The third-order valence-electron chi connectivity index (χ3n) is 3.94. The van der Waals surface area contributed by atoms with Gasteiger partial charge in [0.2, 0.25) is 0 Å². The lowest BCUT2D eigenvalue weighted by molar-refractivity contribution is 0.415. The molecule has 1 aromatic heterocycles. The van der Waals surface area contributed by atoms with Crippen LogP contribution in [-0.2, 0) is 0 Å². The molecule has 1 aromatic carbocycles. The summed E-state index contributed by atoms with van der Waals surface area (Å²) in [5.41, 5.74) is 3.56. The summed E-state index contributed by atoms with van der Waals surface area (Å²) in [5.74, 6) is 1.49. The van der Waals surface area contributed by atoms with Crippen LogP contribution in [0.15, 0.2) is 42.6 Å². The first-order chi connectivity index (χ1) is 9.86. The van der Waals surface area contributed by atoms with Crippen LogP contribution in [0.1, 0.15) is 24.3 Å². The van der Waals surface area contributed by atoms with Crippen LogP contribution in [0.25, 0.3) is 11.3 Å². The molecule has 0 spiro atoms. The Morgan fingerprint density at radius 1 is 1.19 bits per heavy atom.